The van der Waals surface area contributed by atoms with Crippen LogP contribution in [0.2, 0.25) is 0 Å². The van der Waals surface area contributed by atoms with E-state index in [0.717, 1.165) is 31.0 Å². The van der Waals surface area contributed by atoms with E-state index in [1.807, 2.05) is 4.90 Å². The number of imide groups is 1. The number of hydrogen-bond donors (Lipinski definition) is 0. The summed E-state index contributed by atoms with van der Waals surface area (Å²) in [7, 11) is 0. The molecule has 3 amide bonds. The zero-order chi connectivity index (χ0) is 14.1. The van der Waals surface area contributed by atoms with Gasteiger partial charge in [-0.1, -0.05) is 23.9 Å². The van der Waals surface area contributed by atoms with Crippen LogP contribution >= 0.6 is 11.8 Å². The van der Waals surface area contributed by atoms with E-state index in [9.17, 15) is 14.4 Å². The Morgan fingerprint density at radius 2 is 2.10 bits per heavy atom. The van der Waals surface area contributed by atoms with Gasteiger partial charge in [-0.15, -0.1) is 0 Å². The molecule has 0 bridgehead atoms. The number of amides is 3. The van der Waals surface area contributed by atoms with Crippen molar-refractivity contribution in [2.45, 2.75) is 31.7 Å². The van der Waals surface area contributed by atoms with E-state index in [1.165, 1.54) is 4.90 Å². The maximum Gasteiger partial charge on any atom is 0.289 e. The van der Waals surface area contributed by atoms with Gasteiger partial charge < -0.3 is 4.90 Å². The molecule has 2 saturated heterocycles. The van der Waals surface area contributed by atoms with Crippen LogP contribution in [0.4, 0.5) is 4.79 Å². The van der Waals surface area contributed by atoms with E-state index in [-0.39, 0.29) is 34.8 Å². The van der Waals surface area contributed by atoms with Crippen LogP contribution in [0, 0.1) is 5.92 Å². The van der Waals surface area contributed by atoms with E-state index in [4.69, 9.17) is 0 Å². The van der Waals surface area contributed by atoms with Crippen molar-refractivity contribution < 1.29 is 14.4 Å². The highest BCUT2D eigenvalue weighted by Crippen LogP contribution is 2.28. The van der Waals surface area contributed by atoms with E-state index in [0.29, 0.717) is 19.5 Å². The topological polar surface area (TPSA) is 57.7 Å². The van der Waals surface area contributed by atoms with Gasteiger partial charge >= 0.3 is 0 Å². The van der Waals surface area contributed by atoms with Crippen molar-refractivity contribution in [1.82, 2.24) is 9.80 Å². The number of allylic oxidation sites excluding steroid dienone is 2. The Hall–Kier alpha value is -1.30. The van der Waals surface area contributed by atoms with Crippen molar-refractivity contribution in [3.63, 3.8) is 0 Å². The monoisotopic (exact) mass is 294 g/mol. The van der Waals surface area contributed by atoms with Gasteiger partial charge in [0.1, 0.15) is 0 Å². The summed E-state index contributed by atoms with van der Waals surface area (Å²) in [6, 6.07) is -0.118. The second-order valence-corrected chi connectivity index (χ2v) is 6.45. The molecule has 2 unspecified atom stereocenters. The van der Waals surface area contributed by atoms with Crippen LogP contribution in [0.25, 0.3) is 0 Å². The molecule has 2 atom stereocenters. The summed E-state index contributed by atoms with van der Waals surface area (Å²) in [5.74, 6) is 0.401. The highest BCUT2D eigenvalue weighted by molar-refractivity contribution is 8.14. The van der Waals surface area contributed by atoms with E-state index in [1.54, 1.807) is 0 Å². The summed E-state index contributed by atoms with van der Waals surface area (Å²) < 4.78 is 0. The van der Waals surface area contributed by atoms with Crippen molar-refractivity contribution in [3.05, 3.63) is 12.2 Å². The first-order valence-electron chi connectivity index (χ1n) is 7.09. The Bertz CT molecular complexity index is 461. The van der Waals surface area contributed by atoms with Crippen LogP contribution in [0.1, 0.15) is 25.7 Å². The van der Waals surface area contributed by atoms with Crippen molar-refractivity contribution in [2.75, 3.05) is 18.8 Å². The summed E-state index contributed by atoms with van der Waals surface area (Å²) in [6.45, 7) is 1.17. The lowest BCUT2D eigenvalue weighted by molar-refractivity contribution is -0.135. The minimum atomic E-state index is -0.158. The molecule has 0 aromatic rings. The Morgan fingerprint density at radius 1 is 1.25 bits per heavy atom. The quantitative estimate of drug-likeness (QED) is 0.727. The number of rotatable bonds is 2. The molecule has 1 aliphatic carbocycles. The van der Waals surface area contributed by atoms with E-state index < -0.39 is 0 Å². The predicted molar refractivity (Wildman–Crippen MR) is 76.2 cm³/mol. The van der Waals surface area contributed by atoms with Crippen molar-refractivity contribution in [3.8, 4) is 0 Å². The van der Waals surface area contributed by atoms with Gasteiger partial charge in [-0.3, -0.25) is 19.3 Å². The molecule has 108 valence electrons. The van der Waals surface area contributed by atoms with Gasteiger partial charge in [-0.2, -0.15) is 0 Å². The normalized spacial score (nSPS) is 30.4. The molecule has 0 saturated carbocycles. The van der Waals surface area contributed by atoms with E-state index in [2.05, 4.69) is 12.2 Å². The second-order valence-electron chi connectivity index (χ2n) is 5.53. The van der Waals surface area contributed by atoms with Crippen LogP contribution in [-0.4, -0.2) is 51.7 Å². The molecule has 2 aliphatic heterocycles. The number of hydrogen-bond acceptors (Lipinski definition) is 4. The summed E-state index contributed by atoms with van der Waals surface area (Å²) in [5.41, 5.74) is 0. The van der Waals surface area contributed by atoms with Gasteiger partial charge in [0.05, 0.1) is 11.8 Å². The van der Waals surface area contributed by atoms with Crippen LogP contribution in [0.5, 0.6) is 0 Å². The number of carbonyl (C=O) groups excluding carboxylic acids is 3. The summed E-state index contributed by atoms with van der Waals surface area (Å²) in [4.78, 5) is 39.0. The van der Waals surface area contributed by atoms with Crippen LogP contribution in [0.3, 0.4) is 0 Å². The first-order chi connectivity index (χ1) is 9.66. The molecule has 0 aromatic carbocycles. The minimum absolute atomic E-state index is 0.0816. The molecule has 6 heteroatoms. The molecule has 20 heavy (non-hydrogen) atoms. The Morgan fingerprint density at radius 3 is 2.75 bits per heavy atom. The third-order valence-electron chi connectivity index (χ3n) is 4.24. The highest BCUT2D eigenvalue weighted by atomic mass is 32.2. The number of nitrogens with zero attached hydrogens (tertiary/aromatic N) is 2. The smallest absolute Gasteiger partial charge is 0.289 e. The molecule has 3 rings (SSSR count). The first-order valence-corrected chi connectivity index (χ1v) is 8.08. The van der Waals surface area contributed by atoms with Gasteiger partial charge in [-0.25, -0.2) is 0 Å². The number of thioether (sulfide) groups is 1. The summed E-state index contributed by atoms with van der Waals surface area (Å²) in [5, 5.41) is -0.158. The Labute approximate surface area is 122 Å². The molecular formula is C14H18N2O3S. The van der Waals surface area contributed by atoms with Crippen LogP contribution in [0.15, 0.2) is 12.2 Å². The zero-order valence-corrected chi connectivity index (χ0v) is 12.1. The molecule has 2 heterocycles. The molecule has 2 fully saturated rings. The molecule has 3 aliphatic rings. The standard InChI is InChI=1S/C14H18N2O3S/c17-12-9-20-14(19)16(12)11-6-7-15(8-11)13(18)10-4-2-1-3-5-10/h1-2,10-11H,3-9H2. The minimum Gasteiger partial charge on any atom is -0.340 e. The summed E-state index contributed by atoms with van der Waals surface area (Å²) >= 11 is 1.06. The Balaban J connectivity index is 1.61. The van der Waals surface area contributed by atoms with Crippen LogP contribution < -0.4 is 0 Å². The maximum atomic E-state index is 12.4. The van der Waals surface area contributed by atoms with Gasteiger partial charge in [0.2, 0.25) is 11.8 Å². The largest absolute Gasteiger partial charge is 0.340 e. The lowest BCUT2D eigenvalue weighted by Gasteiger charge is -2.25. The SMILES string of the molecule is O=C(C1CC=CCC1)N1CCC(N2C(=O)CSC2=O)C1. The molecule has 0 N–H and O–H groups in total. The fraction of sp³-hybridized carbons (Fsp3) is 0.643. The third kappa shape index (κ3) is 2.49. The highest BCUT2D eigenvalue weighted by Gasteiger charge is 2.40. The second kappa shape index (κ2) is 5.60. The zero-order valence-electron chi connectivity index (χ0n) is 11.3. The fourth-order valence-electron chi connectivity index (χ4n) is 3.15. The Kier molecular flexibility index (Phi) is 3.83. The van der Waals surface area contributed by atoms with Crippen molar-refractivity contribution >= 4 is 28.8 Å². The number of likely N-dealkylation sites (tertiary alicyclic amines) is 1. The lowest BCUT2D eigenvalue weighted by atomic mass is 9.93. The molecular weight excluding hydrogens is 276 g/mol. The molecule has 5 nitrogen and oxygen atoms in total. The van der Waals surface area contributed by atoms with Gasteiger partial charge in [0.15, 0.2) is 0 Å². The summed E-state index contributed by atoms with van der Waals surface area (Å²) in [6.07, 6.45) is 7.60. The fourth-order valence-corrected chi connectivity index (χ4v) is 3.92. The van der Waals surface area contributed by atoms with Gasteiger partial charge in [0.25, 0.3) is 5.24 Å². The van der Waals surface area contributed by atoms with Crippen molar-refractivity contribution in [2.24, 2.45) is 5.92 Å². The third-order valence-corrected chi connectivity index (χ3v) is 5.08. The van der Waals surface area contributed by atoms with Gasteiger partial charge in [-0.05, 0) is 25.7 Å². The van der Waals surface area contributed by atoms with Crippen molar-refractivity contribution in [1.29, 1.82) is 0 Å². The average molecular weight is 294 g/mol. The molecule has 0 radical (unpaired) electrons. The van der Waals surface area contributed by atoms with Crippen LogP contribution in [-0.2, 0) is 9.59 Å². The van der Waals surface area contributed by atoms with Gasteiger partial charge in [0, 0.05) is 19.0 Å². The number of carbonyl (C=O) groups is 3. The maximum absolute atomic E-state index is 12.4. The molecule has 0 spiro atoms. The predicted octanol–water partition coefficient (Wildman–Crippen LogP) is 1.64. The first kappa shape index (κ1) is 13.7. The molecule has 0 aromatic heterocycles. The lowest BCUT2D eigenvalue weighted by Crippen LogP contribution is -2.42. The average Bonchev–Trinajstić information content (AvgIpc) is 3.06. The van der Waals surface area contributed by atoms with E-state index >= 15 is 0 Å².